The number of aromatic hydroxyl groups is 1. The van der Waals surface area contributed by atoms with Gasteiger partial charge in [-0.15, -0.1) is 23.2 Å². The molecule has 4 aliphatic rings. The lowest BCUT2D eigenvalue weighted by molar-refractivity contribution is -0.392. The first-order chi connectivity index (χ1) is 25.4. The monoisotopic (exact) mass is 845 g/mol. The number of imide groups is 2. The third-order valence-electron chi connectivity index (χ3n) is 10.6. The Balaban J connectivity index is 1.42. The lowest BCUT2D eigenvalue weighted by Gasteiger charge is -2.50. The number of nitro benzene ring substituents is 2. The summed E-state index contributed by atoms with van der Waals surface area (Å²) in [6.45, 7) is 0. The van der Waals surface area contributed by atoms with Gasteiger partial charge in [-0.05, 0) is 55.2 Å². The normalized spacial score (nSPS) is 27.4. The molecule has 280 valence electrons. The van der Waals surface area contributed by atoms with Gasteiger partial charge < -0.3 is 14.7 Å². The number of phenols is 1. The highest BCUT2D eigenvalue weighted by Crippen LogP contribution is 2.67. The number of hydrogen-bond donors (Lipinski definition) is 1. The summed E-state index contributed by atoms with van der Waals surface area (Å²) in [4.78, 5) is 78.2. The van der Waals surface area contributed by atoms with Crippen LogP contribution in [0.15, 0.2) is 64.7 Å². The van der Waals surface area contributed by atoms with Gasteiger partial charge in [0.15, 0.2) is 26.9 Å². The van der Waals surface area contributed by atoms with Gasteiger partial charge in [-0.1, -0.05) is 27.6 Å². The number of ether oxygens (including phenoxy) is 1. The number of rotatable bonds is 7. The highest BCUT2D eigenvalue weighted by atomic mass is 79.9. The van der Waals surface area contributed by atoms with Gasteiger partial charge in [-0.2, -0.15) is 0 Å². The number of alkyl halides is 2. The molecule has 4 amide bonds. The number of fused-ring (bicyclic) bond motifs is 4. The topological polar surface area (TPSA) is 194 Å². The maximum Gasteiger partial charge on any atom is 0.301 e. The van der Waals surface area contributed by atoms with Crippen LogP contribution in [-0.2, 0) is 19.2 Å². The molecule has 6 atom stereocenters. The van der Waals surface area contributed by atoms with E-state index in [9.17, 15) is 48.9 Å². The third kappa shape index (κ3) is 5.04. The Bertz CT molecular complexity index is 2240. The maximum absolute atomic E-state index is 14.6. The van der Waals surface area contributed by atoms with E-state index in [4.69, 9.17) is 27.9 Å². The van der Waals surface area contributed by atoms with E-state index < -0.39 is 102 Å². The van der Waals surface area contributed by atoms with Crippen LogP contribution in [-0.4, -0.2) is 69.5 Å². The Morgan fingerprint density at radius 2 is 1.54 bits per heavy atom. The molecule has 0 radical (unpaired) electrons. The summed E-state index contributed by atoms with van der Waals surface area (Å²) < 4.78 is 19.7. The van der Waals surface area contributed by atoms with Crippen molar-refractivity contribution in [1.29, 1.82) is 0 Å². The Morgan fingerprint density at radius 1 is 0.926 bits per heavy atom. The Labute approximate surface area is 323 Å². The van der Waals surface area contributed by atoms with E-state index in [0.29, 0.717) is 14.9 Å². The van der Waals surface area contributed by atoms with E-state index in [1.807, 2.05) is 0 Å². The number of nitrogens with zero attached hydrogens (tertiary/aromatic N) is 5. The maximum atomic E-state index is 14.6. The fraction of sp³-hybridized carbons (Fsp3) is 0.314. The predicted molar refractivity (Wildman–Crippen MR) is 196 cm³/mol. The van der Waals surface area contributed by atoms with Crippen LogP contribution in [0.4, 0.5) is 32.8 Å². The van der Waals surface area contributed by atoms with Gasteiger partial charge in [-0.3, -0.25) is 39.4 Å². The molecule has 6 unspecified atom stereocenters. The Kier molecular flexibility index (Phi) is 8.77. The third-order valence-corrected chi connectivity index (χ3v) is 12.5. The molecule has 2 heterocycles. The van der Waals surface area contributed by atoms with Crippen LogP contribution in [0.3, 0.4) is 0 Å². The molecule has 2 saturated heterocycles. The van der Waals surface area contributed by atoms with Crippen molar-refractivity contribution in [3.8, 4) is 11.5 Å². The fourth-order valence-electron chi connectivity index (χ4n) is 8.42. The van der Waals surface area contributed by atoms with E-state index >= 15 is 0 Å². The van der Waals surface area contributed by atoms with Gasteiger partial charge in [0.05, 0.1) is 40.2 Å². The number of amides is 4. The zero-order chi connectivity index (χ0) is 39.3. The molecule has 0 spiro atoms. The van der Waals surface area contributed by atoms with Crippen molar-refractivity contribution < 1.29 is 43.3 Å². The van der Waals surface area contributed by atoms with Gasteiger partial charge in [0, 0.05) is 42.2 Å². The number of benzene rings is 3. The van der Waals surface area contributed by atoms with E-state index in [2.05, 4.69) is 15.9 Å². The summed E-state index contributed by atoms with van der Waals surface area (Å²) in [7, 11) is 4.03. The average Bonchev–Trinajstić information content (AvgIpc) is 3.46. The minimum atomic E-state index is -2.37. The Morgan fingerprint density at radius 3 is 2.09 bits per heavy atom. The van der Waals surface area contributed by atoms with Crippen LogP contribution in [0, 0.1) is 43.8 Å². The molecule has 1 N–H and O–H groups in total. The molecule has 1 saturated carbocycles. The van der Waals surface area contributed by atoms with Crippen molar-refractivity contribution in [3.05, 3.63) is 96.3 Å². The molecule has 3 aromatic carbocycles. The lowest BCUT2D eigenvalue weighted by atomic mass is 9.56. The van der Waals surface area contributed by atoms with Crippen LogP contribution in [0.1, 0.15) is 24.3 Å². The highest BCUT2D eigenvalue weighted by Gasteiger charge is 2.77. The first-order valence-corrected chi connectivity index (χ1v) is 17.7. The molecule has 0 aromatic heterocycles. The number of allylic oxidation sites excluding steroid dienone is 2. The summed E-state index contributed by atoms with van der Waals surface area (Å²) in [5, 5.41) is 35.8. The number of nitro groups is 2. The van der Waals surface area contributed by atoms with E-state index in [1.54, 1.807) is 6.08 Å². The summed E-state index contributed by atoms with van der Waals surface area (Å²) in [5.74, 6) is -9.75. The Hall–Kier alpha value is -5.13. The van der Waals surface area contributed by atoms with Gasteiger partial charge in [-0.25, -0.2) is 14.2 Å². The number of carbonyl (C=O) groups is 4. The smallest absolute Gasteiger partial charge is 0.301 e. The van der Waals surface area contributed by atoms with Crippen LogP contribution < -0.4 is 19.4 Å². The molecular weight excluding hydrogens is 820 g/mol. The van der Waals surface area contributed by atoms with Crippen LogP contribution in [0.25, 0.3) is 0 Å². The number of halogens is 4. The average molecular weight is 847 g/mol. The molecule has 15 nitrogen and oxygen atoms in total. The van der Waals surface area contributed by atoms with Crippen molar-refractivity contribution in [2.45, 2.75) is 28.5 Å². The molecule has 2 aliphatic heterocycles. The standard InChI is InChI=1S/C35H27BrCl2FN5O10/c1-40(2)28-23(43(50)51)12-18(13-24(28)44(52)53)41-30(46)20-9-8-19-22(26(20)31(41)47)14-34(37)32(48)42(17-6-4-16(39)5-7-17)33(49)35(34,38)27(19)21-10-15(36)11-25(54-3)29(21)45/h4-8,10-13,20,22,26-27,45H,9,14H2,1-3H3. The second-order valence-corrected chi connectivity index (χ2v) is 15.7. The molecule has 3 aromatic rings. The van der Waals surface area contributed by atoms with Crippen molar-refractivity contribution in [2.24, 2.45) is 17.8 Å². The van der Waals surface area contributed by atoms with Crippen molar-refractivity contribution in [3.63, 3.8) is 0 Å². The number of anilines is 3. The number of hydrogen-bond acceptors (Lipinski definition) is 11. The summed E-state index contributed by atoms with van der Waals surface area (Å²) >= 11 is 18.1. The molecule has 3 fully saturated rings. The lowest BCUT2D eigenvalue weighted by Crippen LogP contribution is -2.60. The van der Waals surface area contributed by atoms with Crippen LogP contribution in [0.2, 0.25) is 0 Å². The molecule has 0 bridgehead atoms. The van der Waals surface area contributed by atoms with Crippen LogP contribution >= 0.6 is 39.1 Å². The quantitative estimate of drug-likeness (QED) is 0.0971. The second-order valence-electron chi connectivity index (χ2n) is 13.5. The van der Waals surface area contributed by atoms with E-state index in [1.165, 1.54) is 50.4 Å². The highest BCUT2D eigenvalue weighted by molar-refractivity contribution is 9.10. The molecule has 19 heteroatoms. The van der Waals surface area contributed by atoms with Gasteiger partial charge in [0.25, 0.3) is 11.8 Å². The predicted octanol–water partition coefficient (Wildman–Crippen LogP) is 5.95. The van der Waals surface area contributed by atoms with Gasteiger partial charge in [0.2, 0.25) is 11.8 Å². The summed E-state index contributed by atoms with van der Waals surface area (Å²) in [5.41, 5.74) is -1.97. The largest absolute Gasteiger partial charge is 0.504 e. The van der Waals surface area contributed by atoms with Gasteiger partial charge >= 0.3 is 11.4 Å². The minimum absolute atomic E-state index is 0.00286. The first kappa shape index (κ1) is 37.2. The van der Waals surface area contributed by atoms with Crippen molar-refractivity contribution in [2.75, 3.05) is 35.9 Å². The zero-order valence-corrected chi connectivity index (χ0v) is 31.4. The van der Waals surface area contributed by atoms with E-state index in [0.717, 1.165) is 29.2 Å². The number of phenolic OH excluding ortho intramolecular Hbond substituents is 1. The SMILES string of the molecule is COc1cc(Br)cc(C2C3=CCC4C(=O)N(c5cc([N+](=O)[O-])c(N(C)C)c([N+](=O)[O-])c5)C(=O)C4C3CC3(Cl)C(=O)N(c4ccc(F)cc4)C(=O)C23Cl)c1O. The minimum Gasteiger partial charge on any atom is -0.504 e. The second kappa shape index (κ2) is 12.7. The molecule has 7 rings (SSSR count). The number of carbonyl (C=O) groups excluding carboxylic acids is 4. The molecular formula is C35H27BrCl2FN5O10. The zero-order valence-electron chi connectivity index (χ0n) is 28.3. The fourth-order valence-corrected chi connectivity index (χ4v) is 9.81. The summed E-state index contributed by atoms with van der Waals surface area (Å²) in [6.07, 6.45) is 1.01. The van der Waals surface area contributed by atoms with Crippen molar-refractivity contribution in [1.82, 2.24) is 0 Å². The number of methoxy groups -OCH3 is 1. The van der Waals surface area contributed by atoms with Crippen LogP contribution in [0.5, 0.6) is 11.5 Å². The molecule has 2 aliphatic carbocycles. The first-order valence-electron chi connectivity index (χ1n) is 16.2. The van der Waals surface area contributed by atoms with E-state index in [-0.39, 0.29) is 29.1 Å². The molecule has 54 heavy (non-hydrogen) atoms. The van der Waals surface area contributed by atoms with Gasteiger partial charge in [0.1, 0.15) is 5.82 Å². The van der Waals surface area contributed by atoms with Crippen molar-refractivity contribution >= 4 is 91.2 Å². The summed E-state index contributed by atoms with van der Waals surface area (Å²) in [6, 6.07) is 9.17.